The van der Waals surface area contributed by atoms with Crippen LogP contribution >= 0.6 is 0 Å². The lowest BCUT2D eigenvalue weighted by molar-refractivity contribution is 0.160. The van der Waals surface area contributed by atoms with Crippen LogP contribution in [0.4, 0.5) is 8.78 Å². The number of nitriles is 1. The molecule has 1 aliphatic rings. The van der Waals surface area contributed by atoms with Crippen molar-refractivity contribution in [3.63, 3.8) is 0 Å². The highest BCUT2D eigenvalue weighted by Crippen LogP contribution is 2.25. The standard InChI is InChI=1S/C18H17F2N3O2S/c19-14-5-7-15(8-6-14)26(24,25)23-11-9-22(10-12-23)18(13-21)16-3-1-2-4-17(16)20/h1-8,18H,9-12H2. The Bertz CT molecular complexity index is 918. The maximum Gasteiger partial charge on any atom is 0.243 e. The fourth-order valence-corrected chi connectivity index (χ4v) is 4.42. The first kappa shape index (κ1) is 18.5. The molecular weight excluding hydrogens is 360 g/mol. The van der Waals surface area contributed by atoms with E-state index in [0.29, 0.717) is 13.1 Å². The number of piperazine rings is 1. The van der Waals surface area contributed by atoms with Crippen LogP contribution in [0.1, 0.15) is 11.6 Å². The lowest BCUT2D eigenvalue weighted by Crippen LogP contribution is -2.49. The Kier molecular flexibility index (Phi) is 5.32. The summed E-state index contributed by atoms with van der Waals surface area (Å²) in [6, 6.07) is 12.1. The van der Waals surface area contributed by atoms with Gasteiger partial charge in [0.05, 0.1) is 11.0 Å². The van der Waals surface area contributed by atoms with Gasteiger partial charge in [-0.2, -0.15) is 9.57 Å². The Morgan fingerprint density at radius 3 is 2.15 bits per heavy atom. The molecule has 1 aliphatic heterocycles. The van der Waals surface area contributed by atoms with E-state index in [2.05, 4.69) is 6.07 Å². The maximum absolute atomic E-state index is 14.0. The van der Waals surface area contributed by atoms with Crippen molar-refractivity contribution in [2.45, 2.75) is 10.9 Å². The molecule has 0 bridgehead atoms. The second-order valence-electron chi connectivity index (χ2n) is 5.95. The normalized spacial score (nSPS) is 17.6. The minimum atomic E-state index is -3.72. The largest absolute Gasteiger partial charge is 0.282 e. The molecule has 1 unspecified atom stereocenters. The first-order valence-electron chi connectivity index (χ1n) is 8.07. The summed E-state index contributed by atoms with van der Waals surface area (Å²) in [5.41, 5.74) is 0.282. The minimum absolute atomic E-state index is 0.0262. The molecule has 1 atom stereocenters. The Labute approximate surface area is 151 Å². The molecule has 8 heteroatoms. The van der Waals surface area contributed by atoms with Crippen LogP contribution in [0.3, 0.4) is 0 Å². The first-order chi connectivity index (χ1) is 12.4. The lowest BCUT2D eigenvalue weighted by atomic mass is 10.1. The molecule has 0 radical (unpaired) electrons. The summed E-state index contributed by atoms with van der Waals surface area (Å²) < 4.78 is 53.6. The van der Waals surface area contributed by atoms with E-state index in [-0.39, 0.29) is 23.5 Å². The average molecular weight is 377 g/mol. The van der Waals surface area contributed by atoms with Crippen LogP contribution < -0.4 is 0 Å². The molecular formula is C18H17F2N3O2S. The van der Waals surface area contributed by atoms with Crippen molar-refractivity contribution in [2.24, 2.45) is 0 Å². The molecule has 26 heavy (non-hydrogen) atoms. The number of hydrogen-bond donors (Lipinski definition) is 0. The van der Waals surface area contributed by atoms with Gasteiger partial charge in [0.1, 0.15) is 17.7 Å². The van der Waals surface area contributed by atoms with E-state index in [1.807, 2.05) is 0 Å². The summed E-state index contributed by atoms with van der Waals surface area (Å²) in [5, 5.41) is 9.46. The van der Waals surface area contributed by atoms with Gasteiger partial charge >= 0.3 is 0 Å². The van der Waals surface area contributed by atoms with Crippen LogP contribution in [0.5, 0.6) is 0 Å². The van der Waals surface area contributed by atoms with Gasteiger partial charge in [0.15, 0.2) is 0 Å². The fraction of sp³-hybridized carbons (Fsp3) is 0.278. The zero-order valence-electron chi connectivity index (χ0n) is 13.8. The summed E-state index contributed by atoms with van der Waals surface area (Å²) in [6.07, 6.45) is 0. The number of nitrogens with zero attached hydrogens (tertiary/aromatic N) is 3. The zero-order chi connectivity index (χ0) is 18.7. The van der Waals surface area contributed by atoms with Crippen LogP contribution in [-0.2, 0) is 10.0 Å². The van der Waals surface area contributed by atoms with Gasteiger partial charge in [-0.1, -0.05) is 18.2 Å². The lowest BCUT2D eigenvalue weighted by Gasteiger charge is -2.36. The van der Waals surface area contributed by atoms with Crippen molar-refractivity contribution in [2.75, 3.05) is 26.2 Å². The van der Waals surface area contributed by atoms with E-state index in [1.54, 1.807) is 23.1 Å². The smallest absolute Gasteiger partial charge is 0.243 e. The summed E-state index contributed by atoms with van der Waals surface area (Å²) in [5.74, 6) is -0.962. The third-order valence-corrected chi connectivity index (χ3v) is 6.32. The highest BCUT2D eigenvalue weighted by molar-refractivity contribution is 7.89. The van der Waals surface area contributed by atoms with E-state index in [0.717, 1.165) is 12.1 Å². The molecule has 0 aromatic heterocycles. The van der Waals surface area contributed by atoms with Crippen LogP contribution in [0.15, 0.2) is 53.4 Å². The number of halogens is 2. The third-order valence-electron chi connectivity index (χ3n) is 4.41. The van der Waals surface area contributed by atoms with E-state index < -0.39 is 27.7 Å². The van der Waals surface area contributed by atoms with Gasteiger partial charge in [-0.15, -0.1) is 0 Å². The predicted octanol–water partition coefficient (Wildman–Crippen LogP) is 2.54. The predicted molar refractivity (Wildman–Crippen MR) is 91.5 cm³/mol. The highest BCUT2D eigenvalue weighted by Gasteiger charge is 2.32. The molecule has 0 spiro atoms. The van der Waals surface area contributed by atoms with E-state index in [9.17, 15) is 22.5 Å². The minimum Gasteiger partial charge on any atom is -0.282 e. The van der Waals surface area contributed by atoms with Crippen molar-refractivity contribution < 1.29 is 17.2 Å². The molecule has 0 amide bonds. The quantitative estimate of drug-likeness (QED) is 0.821. The molecule has 0 N–H and O–H groups in total. The molecule has 0 saturated carbocycles. The van der Waals surface area contributed by atoms with Crippen molar-refractivity contribution in [3.8, 4) is 6.07 Å². The molecule has 1 fully saturated rings. The van der Waals surface area contributed by atoms with Gasteiger partial charge in [-0.05, 0) is 30.3 Å². The molecule has 0 aliphatic carbocycles. The second kappa shape index (κ2) is 7.50. The molecule has 1 heterocycles. The van der Waals surface area contributed by atoms with Gasteiger partial charge in [-0.3, -0.25) is 4.90 Å². The average Bonchev–Trinajstić information content (AvgIpc) is 2.65. The van der Waals surface area contributed by atoms with Gasteiger partial charge in [0, 0.05) is 31.7 Å². The molecule has 2 aromatic carbocycles. The summed E-state index contributed by atoms with van der Waals surface area (Å²) in [6.45, 7) is 0.943. The summed E-state index contributed by atoms with van der Waals surface area (Å²) >= 11 is 0. The highest BCUT2D eigenvalue weighted by atomic mass is 32.2. The van der Waals surface area contributed by atoms with Crippen molar-refractivity contribution in [1.82, 2.24) is 9.21 Å². The Hall–Kier alpha value is -2.34. The molecule has 1 saturated heterocycles. The molecule has 5 nitrogen and oxygen atoms in total. The van der Waals surface area contributed by atoms with Crippen molar-refractivity contribution in [3.05, 3.63) is 65.7 Å². The van der Waals surface area contributed by atoms with Crippen LogP contribution in [0, 0.1) is 23.0 Å². The maximum atomic E-state index is 14.0. The van der Waals surface area contributed by atoms with E-state index in [4.69, 9.17) is 0 Å². The number of rotatable bonds is 4. The fourth-order valence-electron chi connectivity index (χ4n) is 3.00. The van der Waals surface area contributed by atoms with Gasteiger partial charge in [0.2, 0.25) is 10.0 Å². The van der Waals surface area contributed by atoms with Crippen LogP contribution in [0.2, 0.25) is 0 Å². The Morgan fingerprint density at radius 1 is 0.962 bits per heavy atom. The second-order valence-corrected chi connectivity index (χ2v) is 7.89. The monoisotopic (exact) mass is 377 g/mol. The zero-order valence-corrected chi connectivity index (χ0v) is 14.7. The van der Waals surface area contributed by atoms with Gasteiger partial charge in [-0.25, -0.2) is 17.2 Å². The van der Waals surface area contributed by atoms with Crippen molar-refractivity contribution >= 4 is 10.0 Å². The SMILES string of the molecule is N#CC(c1ccccc1F)N1CCN(S(=O)(=O)c2ccc(F)cc2)CC1. The third kappa shape index (κ3) is 3.60. The Balaban J connectivity index is 1.73. The topological polar surface area (TPSA) is 64.4 Å². The molecule has 136 valence electrons. The van der Waals surface area contributed by atoms with Crippen LogP contribution in [0.25, 0.3) is 0 Å². The number of benzene rings is 2. The number of sulfonamides is 1. The number of hydrogen-bond acceptors (Lipinski definition) is 4. The van der Waals surface area contributed by atoms with Crippen LogP contribution in [-0.4, -0.2) is 43.8 Å². The van der Waals surface area contributed by atoms with Gasteiger partial charge < -0.3 is 0 Å². The van der Waals surface area contributed by atoms with Crippen molar-refractivity contribution in [1.29, 1.82) is 5.26 Å². The first-order valence-corrected chi connectivity index (χ1v) is 9.51. The Morgan fingerprint density at radius 2 is 1.58 bits per heavy atom. The van der Waals surface area contributed by atoms with E-state index >= 15 is 0 Å². The summed E-state index contributed by atoms with van der Waals surface area (Å²) in [4.78, 5) is 1.79. The van der Waals surface area contributed by atoms with Gasteiger partial charge in [0.25, 0.3) is 0 Å². The molecule has 2 aromatic rings. The summed E-state index contributed by atoms with van der Waals surface area (Å²) in [7, 11) is -3.72. The van der Waals surface area contributed by atoms with E-state index in [1.165, 1.54) is 22.5 Å². The molecule has 3 rings (SSSR count).